The summed E-state index contributed by atoms with van der Waals surface area (Å²) >= 11 is 1.51. The van der Waals surface area contributed by atoms with Gasteiger partial charge in [0.25, 0.3) is 0 Å². The van der Waals surface area contributed by atoms with Crippen molar-refractivity contribution in [1.82, 2.24) is 10.3 Å². The van der Waals surface area contributed by atoms with E-state index < -0.39 is 0 Å². The van der Waals surface area contributed by atoms with Gasteiger partial charge >= 0.3 is 0 Å². The Hall–Kier alpha value is -0.940. The van der Waals surface area contributed by atoms with Gasteiger partial charge in [-0.3, -0.25) is 4.79 Å². The van der Waals surface area contributed by atoms with E-state index in [1.54, 1.807) is 0 Å². The van der Waals surface area contributed by atoms with Crippen molar-refractivity contribution in [2.24, 2.45) is 5.92 Å². The largest absolute Gasteiger partial charge is 0.314 e. The zero-order valence-corrected chi connectivity index (χ0v) is 12.9. The highest BCUT2D eigenvalue weighted by Crippen LogP contribution is 2.27. The maximum absolute atomic E-state index is 12.2. The van der Waals surface area contributed by atoms with Crippen LogP contribution in [0.1, 0.15) is 46.2 Å². The van der Waals surface area contributed by atoms with Crippen molar-refractivity contribution in [3.8, 4) is 0 Å². The summed E-state index contributed by atoms with van der Waals surface area (Å²) in [6.07, 6.45) is 1.82. The van der Waals surface area contributed by atoms with Gasteiger partial charge in [-0.1, -0.05) is 20.8 Å². The summed E-state index contributed by atoms with van der Waals surface area (Å²) in [5.74, 6) is 0.224. The molecule has 0 bridgehead atoms. The van der Waals surface area contributed by atoms with Gasteiger partial charge in [0.2, 0.25) is 5.91 Å². The number of thiazole rings is 1. The monoisotopic (exact) mass is 281 g/mol. The van der Waals surface area contributed by atoms with E-state index in [0.29, 0.717) is 6.04 Å². The molecule has 0 aliphatic carbocycles. The lowest BCUT2D eigenvalue weighted by Gasteiger charge is -2.26. The average Bonchev–Trinajstić information content (AvgIpc) is 2.77. The number of hydrogen-bond donors (Lipinski definition) is 2. The number of anilines is 1. The van der Waals surface area contributed by atoms with Crippen molar-refractivity contribution in [2.45, 2.75) is 52.0 Å². The minimum atomic E-state index is 0.0305. The van der Waals surface area contributed by atoms with Crippen LogP contribution in [0.3, 0.4) is 0 Å². The quantitative estimate of drug-likeness (QED) is 0.876. The predicted molar refractivity (Wildman–Crippen MR) is 79.6 cm³/mol. The summed E-state index contributed by atoms with van der Waals surface area (Å²) in [7, 11) is 0. The molecule has 1 aliphatic rings. The van der Waals surface area contributed by atoms with E-state index in [9.17, 15) is 4.79 Å². The highest BCUT2D eigenvalue weighted by molar-refractivity contribution is 7.13. The minimum absolute atomic E-state index is 0.0305. The predicted octanol–water partition coefficient (Wildman–Crippen LogP) is 2.77. The molecule has 1 aromatic rings. The fraction of sp³-hybridized carbons (Fsp3) is 0.714. The standard InChI is InChI=1S/C14H23N3OS/c1-9-7-10(5-6-15-9)12(18)17-13-16-11(8-19-13)14(2,3)4/h8-10,15H,5-7H2,1-4H3,(H,16,17,18). The van der Waals surface area contributed by atoms with E-state index in [0.717, 1.165) is 30.2 Å². The molecule has 1 aromatic heterocycles. The first-order valence-electron chi connectivity index (χ1n) is 6.86. The zero-order valence-electron chi connectivity index (χ0n) is 12.1. The molecular formula is C14H23N3OS. The third kappa shape index (κ3) is 3.76. The second-order valence-electron chi connectivity index (χ2n) is 6.35. The van der Waals surface area contributed by atoms with Crippen molar-refractivity contribution >= 4 is 22.4 Å². The Labute approximate surface area is 119 Å². The molecule has 2 unspecified atom stereocenters. The topological polar surface area (TPSA) is 54.0 Å². The molecule has 2 heterocycles. The highest BCUT2D eigenvalue weighted by atomic mass is 32.1. The molecule has 1 fully saturated rings. The van der Waals surface area contributed by atoms with E-state index in [2.05, 4.69) is 43.3 Å². The van der Waals surface area contributed by atoms with Crippen LogP contribution in [0.15, 0.2) is 5.38 Å². The second kappa shape index (κ2) is 5.59. The molecule has 0 radical (unpaired) electrons. The maximum atomic E-state index is 12.2. The molecule has 2 rings (SSSR count). The molecule has 2 N–H and O–H groups in total. The van der Waals surface area contributed by atoms with Gasteiger partial charge in [0, 0.05) is 22.8 Å². The zero-order chi connectivity index (χ0) is 14.0. The molecule has 106 valence electrons. The Morgan fingerprint density at radius 3 is 2.84 bits per heavy atom. The van der Waals surface area contributed by atoms with Crippen molar-refractivity contribution in [3.63, 3.8) is 0 Å². The van der Waals surface area contributed by atoms with Crippen LogP contribution in [0.5, 0.6) is 0 Å². The van der Waals surface area contributed by atoms with Crippen molar-refractivity contribution in [1.29, 1.82) is 0 Å². The second-order valence-corrected chi connectivity index (χ2v) is 7.21. The summed E-state index contributed by atoms with van der Waals surface area (Å²) in [4.78, 5) is 16.7. The van der Waals surface area contributed by atoms with Gasteiger partial charge in [0.15, 0.2) is 5.13 Å². The van der Waals surface area contributed by atoms with E-state index in [-0.39, 0.29) is 17.2 Å². The van der Waals surface area contributed by atoms with E-state index in [1.807, 2.05) is 5.38 Å². The van der Waals surface area contributed by atoms with Gasteiger partial charge in [-0.15, -0.1) is 11.3 Å². The summed E-state index contributed by atoms with van der Waals surface area (Å²) < 4.78 is 0. The van der Waals surface area contributed by atoms with Crippen LogP contribution < -0.4 is 10.6 Å². The third-order valence-electron chi connectivity index (χ3n) is 3.50. The molecule has 4 nitrogen and oxygen atoms in total. The Balaban J connectivity index is 1.97. The number of carbonyl (C=O) groups is 1. The molecule has 0 aromatic carbocycles. The number of nitrogens with zero attached hydrogens (tertiary/aromatic N) is 1. The van der Waals surface area contributed by atoms with E-state index in [1.165, 1.54) is 11.3 Å². The molecule has 0 saturated carbocycles. The first-order valence-corrected chi connectivity index (χ1v) is 7.74. The SMILES string of the molecule is CC1CC(C(=O)Nc2nc(C(C)(C)C)cs2)CCN1. The van der Waals surface area contributed by atoms with Crippen LogP contribution >= 0.6 is 11.3 Å². The fourth-order valence-electron chi connectivity index (χ4n) is 2.25. The normalized spacial score (nSPS) is 24.2. The minimum Gasteiger partial charge on any atom is -0.314 e. The van der Waals surface area contributed by atoms with Crippen molar-refractivity contribution in [2.75, 3.05) is 11.9 Å². The maximum Gasteiger partial charge on any atom is 0.229 e. The first-order chi connectivity index (χ1) is 8.86. The first kappa shape index (κ1) is 14.5. The summed E-state index contributed by atoms with van der Waals surface area (Å²) in [6, 6.07) is 0.422. The molecule has 0 spiro atoms. The number of hydrogen-bond acceptors (Lipinski definition) is 4. The van der Waals surface area contributed by atoms with Crippen LogP contribution in [-0.2, 0) is 10.2 Å². The Morgan fingerprint density at radius 1 is 1.53 bits per heavy atom. The summed E-state index contributed by atoms with van der Waals surface area (Å²) in [5, 5.41) is 9.08. The lowest BCUT2D eigenvalue weighted by Crippen LogP contribution is -2.40. The molecule has 19 heavy (non-hydrogen) atoms. The number of piperidine rings is 1. The number of amides is 1. The van der Waals surface area contributed by atoms with E-state index >= 15 is 0 Å². The molecule has 1 aliphatic heterocycles. The highest BCUT2D eigenvalue weighted by Gasteiger charge is 2.25. The molecule has 5 heteroatoms. The smallest absolute Gasteiger partial charge is 0.229 e. The fourth-order valence-corrected chi connectivity index (χ4v) is 3.19. The van der Waals surface area contributed by atoms with Gasteiger partial charge in [-0.2, -0.15) is 0 Å². The Morgan fingerprint density at radius 2 is 2.26 bits per heavy atom. The van der Waals surface area contributed by atoms with Crippen molar-refractivity contribution < 1.29 is 4.79 Å². The lowest BCUT2D eigenvalue weighted by atomic mass is 9.92. The van der Waals surface area contributed by atoms with Gasteiger partial charge < -0.3 is 10.6 Å². The summed E-state index contributed by atoms with van der Waals surface area (Å²) in [6.45, 7) is 9.43. The van der Waals surface area contributed by atoms with Crippen LogP contribution in [0, 0.1) is 5.92 Å². The number of aromatic nitrogens is 1. The van der Waals surface area contributed by atoms with Gasteiger partial charge in [-0.25, -0.2) is 4.98 Å². The molecule has 2 atom stereocenters. The van der Waals surface area contributed by atoms with Crippen molar-refractivity contribution in [3.05, 3.63) is 11.1 Å². The Kier molecular flexibility index (Phi) is 4.26. The van der Waals surface area contributed by atoms with Crippen LogP contribution in [0.2, 0.25) is 0 Å². The van der Waals surface area contributed by atoms with Crippen LogP contribution in [0.25, 0.3) is 0 Å². The van der Waals surface area contributed by atoms with Gasteiger partial charge in [0.05, 0.1) is 5.69 Å². The number of rotatable bonds is 2. The van der Waals surface area contributed by atoms with Gasteiger partial charge in [-0.05, 0) is 26.3 Å². The lowest BCUT2D eigenvalue weighted by molar-refractivity contribution is -0.120. The molecule has 1 saturated heterocycles. The van der Waals surface area contributed by atoms with Crippen LogP contribution in [-0.4, -0.2) is 23.5 Å². The number of carbonyl (C=O) groups excluding carboxylic acids is 1. The van der Waals surface area contributed by atoms with Crippen LogP contribution in [0.4, 0.5) is 5.13 Å². The van der Waals surface area contributed by atoms with E-state index in [4.69, 9.17) is 0 Å². The Bertz CT molecular complexity index is 450. The average molecular weight is 281 g/mol. The van der Waals surface area contributed by atoms with Gasteiger partial charge in [0.1, 0.15) is 0 Å². The molecule has 1 amide bonds. The molecular weight excluding hydrogens is 258 g/mol. The summed E-state index contributed by atoms with van der Waals surface area (Å²) in [5.41, 5.74) is 1.06. The number of nitrogens with one attached hydrogen (secondary N) is 2. The third-order valence-corrected chi connectivity index (χ3v) is 4.25.